The molecule has 0 unspecified atom stereocenters. The monoisotopic (exact) mass is 444 g/mol. The summed E-state index contributed by atoms with van der Waals surface area (Å²) in [5.74, 6) is -0.351. The second-order valence-electron chi connectivity index (χ2n) is 6.76. The van der Waals surface area contributed by atoms with Crippen molar-refractivity contribution in [2.24, 2.45) is 0 Å². The number of benzene rings is 3. The summed E-state index contributed by atoms with van der Waals surface area (Å²) in [5.41, 5.74) is 6.04. The van der Waals surface area contributed by atoms with Gasteiger partial charge < -0.3 is 15.2 Å². The van der Waals surface area contributed by atoms with Crippen molar-refractivity contribution in [1.82, 2.24) is 0 Å². The smallest absolute Gasteiger partial charge is 0.420 e. The van der Waals surface area contributed by atoms with Crippen LogP contribution in [0, 0.1) is 0 Å². The van der Waals surface area contributed by atoms with Crippen LogP contribution in [-0.4, -0.2) is 19.2 Å². The molecule has 9 heteroatoms. The van der Waals surface area contributed by atoms with Crippen LogP contribution in [0.5, 0.6) is 5.75 Å². The van der Waals surface area contributed by atoms with Gasteiger partial charge >= 0.3 is 18.2 Å². The molecule has 0 aromatic heterocycles. The van der Waals surface area contributed by atoms with Gasteiger partial charge in [-0.25, -0.2) is 9.59 Å². The van der Waals surface area contributed by atoms with E-state index in [1.807, 2.05) is 0 Å². The number of anilines is 2. The Kier molecular flexibility index (Phi) is 6.67. The molecule has 0 aliphatic heterocycles. The number of esters is 1. The highest BCUT2D eigenvalue weighted by Crippen LogP contribution is 2.32. The summed E-state index contributed by atoms with van der Waals surface area (Å²) in [6, 6.07) is 16.5. The predicted octanol–water partition coefficient (Wildman–Crippen LogP) is 5.28. The molecule has 0 heterocycles. The molecule has 0 spiro atoms. The van der Waals surface area contributed by atoms with Crippen molar-refractivity contribution in [2.75, 3.05) is 17.7 Å². The first kappa shape index (κ1) is 22.7. The number of alkyl halides is 3. The van der Waals surface area contributed by atoms with E-state index in [0.717, 1.165) is 17.0 Å². The molecule has 0 aliphatic carbocycles. The Morgan fingerprint density at radius 2 is 1.62 bits per heavy atom. The fraction of sp³-hybridized carbons (Fsp3) is 0.130. The van der Waals surface area contributed by atoms with E-state index in [4.69, 9.17) is 10.5 Å². The molecule has 3 rings (SSSR count). The number of ether oxygens (including phenoxy) is 2. The molecule has 0 bridgehead atoms. The minimum absolute atomic E-state index is 0.00249. The molecule has 166 valence electrons. The summed E-state index contributed by atoms with van der Waals surface area (Å²) in [5, 5.41) is 0. The molecule has 0 fully saturated rings. The molecule has 6 nitrogen and oxygen atoms in total. The van der Waals surface area contributed by atoms with Crippen LogP contribution in [0.3, 0.4) is 0 Å². The summed E-state index contributed by atoms with van der Waals surface area (Å²) in [4.78, 5) is 25.6. The number of nitrogen functional groups attached to an aromatic ring is 1. The second kappa shape index (κ2) is 9.42. The Morgan fingerprint density at radius 3 is 2.22 bits per heavy atom. The van der Waals surface area contributed by atoms with E-state index in [2.05, 4.69) is 4.74 Å². The molecule has 1 amide bonds. The fourth-order valence-corrected chi connectivity index (χ4v) is 2.85. The number of amides is 1. The number of halogens is 3. The van der Waals surface area contributed by atoms with Gasteiger partial charge in [0, 0.05) is 11.4 Å². The molecule has 0 saturated carbocycles. The van der Waals surface area contributed by atoms with Gasteiger partial charge in [0.1, 0.15) is 5.75 Å². The minimum atomic E-state index is -4.58. The lowest BCUT2D eigenvalue weighted by Gasteiger charge is -2.23. The van der Waals surface area contributed by atoms with Crippen LogP contribution in [0.1, 0.15) is 21.5 Å². The van der Waals surface area contributed by atoms with E-state index in [0.29, 0.717) is 16.8 Å². The molecule has 2 N–H and O–H groups in total. The minimum Gasteiger partial charge on any atom is -0.465 e. The van der Waals surface area contributed by atoms with Gasteiger partial charge in [-0.15, -0.1) is 0 Å². The van der Waals surface area contributed by atoms with Crippen molar-refractivity contribution in [1.29, 1.82) is 0 Å². The molecule has 0 atom stereocenters. The van der Waals surface area contributed by atoms with Gasteiger partial charge in [0.15, 0.2) is 0 Å². The van der Waals surface area contributed by atoms with Crippen molar-refractivity contribution in [3.8, 4) is 5.75 Å². The third kappa shape index (κ3) is 5.57. The number of hydrogen-bond donors (Lipinski definition) is 1. The first-order valence-corrected chi connectivity index (χ1v) is 9.37. The Morgan fingerprint density at radius 1 is 0.969 bits per heavy atom. The molecular formula is C23H19F3N2O4. The fourth-order valence-electron chi connectivity index (χ4n) is 2.85. The number of hydrogen-bond acceptors (Lipinski definition) is 5. The van der Waals surface area contributed by atoms with Gasteiger partial charge in [-0.3, -0.25) is 4.90 Å². The van der Waals surface area contributed by atoms with Crippen molar-refractivity contribution >= 4 is 23.4 Å². The molecular weight excluding hydrogens is 425 g/mol. The predicted molar refractivity (Wildman–Crippen MR) is 112 cm³/mol. The summed E-state index contributed by atoms with van der Waals surface area (Å²) in [6.07, 6.45) is -5.46. The quantitative estimate of drug-likeness (QED) is 0.428. The standard InChI is InChI=1S/C23H19F3N2O4/c1-31-21(29)16-7-5-15(6-8-16)14-28(19-4-2-3-17(13-19)23(24,25)26)22(30)32-20-11-9-18(27)10-12-20/h2-13H,14,27H2,1H3. The lowest BCUT2D eigenvalue weighted by atomic mass is 10.1. The van der Waals surface area contributed by atoms with E-state index >= 15 is 0 Å². The van der Waals surface area contributed by atoms with Gasteiger partial charge in [0.05, 0.1) is 24.8 Å². The zero-order valence-electron chi connectivity index (χ0n) is 16.9. The van der Waals surface area contributed by atoms with Gasteiger partial charge in [-0.05, 0) is 60.2 Å². The molecule has 32 heavy (non-hydrogen) atoms. The lowest BCUT2D eigenvalue weighted by Crippen LogP contribution is -2.33. The number of rotatable bonds is 5. The number of nitrogens with zero attached hydrogens (tertiary/aromatic N) is 1. The zero-order chi connectivity index (χ0) is 23.3. The van der Waals surface area contributed by atoms with Crippen LogP contribution >= 0.6 is 0 Å². The molecule has 0 radical (unpaired) electrons. The average molecular weight is 444 g/mol. The highest BCUT2D eigenvalue weighted by Gasteiger charge is 2.31. The van der Waals surface area contributed by atoms with Crippen LogP contribution in [0.4, 0.5) is 29.3 Å². The highest BCUT2D eigenvalue weighted by atomic mass is 19.4. The van der Waals surface area contributed by atoms with Crippen molar-refractivity contribution in [2.45, 2.75) is 12.7 Å². The summed E-state index contributed by atoms with van der Waals surface area (Å²) >= 11 is 0. The topological polar surface area (TPSA) is 81.9 Å². The van der Waals surface area contributed by atoms with Crippen LogP contribution in [-0.2, 0) is 17.5 Å². The SMILES string of the molecule is COC(=O)c1ccc(CN(C(=O)Oc2ccc(N)cc2)c2cccc(C(F)(F)F)c2)cc1. The van der Waals surface area contributed by atoms with Gasteiger partial charge in [0.25, 0.3) is 0 Å². The molecule has 0 saturated heterocycles. The second-order valence-corrected chi connectivity index (χ2v) is 6.76. The summed E-state index contributed by atoms with van der Waals surface area (Å²) < 4.78 is 49.6. The summed E-state index contributed by atoms with van der Waals surface area (Å²) in [6.45, 7) is -0.101. The molecule has 0 aliphatic rings. The Balaban J connectivity index is 1.92. The van der Waals surface area contributed by atoms with Crippen LogP contribution in [0.2, 0.25) is 0 Å². The maximum absolute atomic E-state index is 13.2. The Labute approximate surface area is 182 Å². The average Bonchev–Trinajstić information content (AvgIpc) is 2.78. The summed E-state index contributed by atoms with van der Waals surface area (Å²) in [7, 11) is 1.25. The van der Waals surface area contributed by atoms with Crippen LogP contribution < -0.4 is 15.4 Å². The zero-order valence-corrected chi connectivity index (χ0v) is 16.9. The van der Waals surface area contributed by atoms with E-state index in [9.17, 15) is 22.8 Å². The third-order valence-electron chi connectivity index (χ3n) is 4.51. The van der Waals surface area contributed by atoms with Crippen molar-refractivity contribution in [3.05, 3.63) is 89.5 Å². The maximum Gasteiger partial charge on any atom is 0.420 e. The highest BCUT2D eigenvalue weighted by molar-refractivity contribution is 5.90. The molecule has 3 aromatic carbocycles. The lowest BCUT2D eigenvalue weighted by molar-refractivity contribution is -0.137. The van der Waals surface area contributed by atoms with E-state index in [-0.39, 0.29) is 18.0 Å². The number of carbonyl (C=O) groups is 2. The van der Waals surface area contributed by atoms with Crippen LogP contribution in [0.15, 0.2) is 72.8 Å². The van der Waals surface area contributed by atoms with E-state index in [1.165, 1.54) is 55.6 Å². The first-order chi connectivity index (χ1) is 15.2. The number of nitrogens with two attached hydrogens (primary N) is 1. The maximum atomic E-state index is 13.2. The normalized spacial score (nSPS) is 11.0. The number of carbonyl (C=O) groups excluding carboxylic acids is 2. The van der Waals surface area contributed by atoms with Gasteiger partial charge in [-0.2, -0.15) is 13.2 Å². The number of methoxy groups -OCH3 is 1. The van der Waals surface area contributed by atoms with Crippen molar-refractivity contribution < 1.29 is 32.2 Å². The van der Waals surface area contributed by atoms with E-state index < -0.39 is 23.8 Å². The van der Waals surface area contributed by atoms with Gasteiger partial charge in [-0.1, -0.05) is 18.2 Å². The van der Waals surface area contributed by atoms with Crippen LogP contribution in [0.25, 0.3) is 0 Å². The first-order valence-electron chi connectivity index (χ1n) is 9.37. The third-order valence-corrected chi connectivity index (χ3v) is 4.51. The largest absolute Gasteiger partial charge is 0.465 e. The van der Waals surface area contributed by atoms with Gasteiger partial charge in [0.2, 0.25) is 0 Å². The van der Waals surface area contributed by atoms with Crippen molar-refractivity contribution in [3.63, 3.8) is 0 Å². The Hall–Kier alpha value is -4.01. The van der Waals surface area contributed by atoms with E-state index in [1.54, 1.807) is 12.1 Å². The molecule has 3 aromatic rings. The Bertz CT molecular complexity index is 1100.